The van der Waals surface area contributed by atoms with E-state index >= 15 is 0 Å². The van der Waals surface area contributed by atoms with Crippen LogP contribution in [0.4, 0.5) is 0 Å². The summed E-state index contributed by atoms with van der Waals surface area (Å²) >= 11 is 0. The van der Waals surface area contributed by atoms with E-state index in [4.69, 9.17) is 0 Å². The Labute approximate surface area is 136 Å². The topological polar surface area (TPSA) is 58.7 Å². The molecular weight excluding hydrogens is 286 g/mol. The average Bonchev–Trinajstić information content (AvgIpc) is 2.60. The number of rotatable bonds is 4. The zero-order chi connectivity index (χ0) is 16.2. The summed E-state index contributed by atoms with van der Waals surface area (Å²) < 4.78 is 1.44. The highest BCUT2D eigenvalue weighted by molar-refractivity contribution is 5.62. The Morgan fingerprint density at radius 2 is 2.00 bits per heavy atom. The second kappa shape index (κ2) is 6.78. The number of nitrogens with zero attached hydrogens (tertiary/aromatic N) is 3. The molecule has 0 saturated carbocycles. The molecule has 0 saturated heterocycles. The Morgan fingerprint density at radius 1 is 1.22 bits per heavy atom. The SMILES string of the molecule is CCCCn1nc(-c2ccc3c(c2)CCCC3)cc(C#N)c1=O. The van der Waals surface area contributed by atoms with Crippen LogP contribution >= 0.6 is 0 Å². The fourth-order valence-electron chi connectivity index (χ4n) is 3.12. The molecule has 0 fully saturated rings. The second-order valence-corrected chi connectivity index (χ2v) is 6.13. The third kappa shape index (κ3) is 3.19. The number of nitriles is 1. The Morgan fingerprint density at radius 3 is 2.74 bits per heavy atom. The van der Waals surface area contributed by atoms with Gasteiger partial charge in [0.25, 0.3) is 5.56 Å². The quantitative estimate of drug-likeness (QED) is 0.869. The Balaban J connectivity index is 2.05. The van der Waals surface area contributed by atoms with Gasteiger partial charge in [-0.05, 0) is 55.4 Å². The van der Waals surface area contributed by atoms with E-state index in [9.17, 15) is 10.1 Å². The summed E-state index contributed by atoms with van der Waals surface area (Å²) in [5.74, 6) is 0. The van der Waals surface area contributed by atoms with E-state index in [0.717, 1.165) is 31.2 Å². The molecule has 0 amide bonds. The lowest BCUT2D eigenvalue weighted by Crippen LogP contribution is -2.25. The van der Waals surface area contributed by atoms with Crippen molar-refractivity contribution in [3.05, 3.63) is 51.3 Å². The van der Waals surface area contributed by atoms with Gasteiger partial charge in [0, 0.05) is 12.1 Å². The van der Waals surface area contributed by atoms with E-state index < -0.39 is 0 Å². The number of benzene rings is 1. The van der Waals surface area contributed by atoms with Crippen LogP contribution in [0.2, 0.25) is 0 Å². The summed E-state index contributed by atoms with van der Waals surface area (Å²) in [6, 6.07) is 10.0. The van der Waals surface area contributed by atoms with Crippen molar-refractivity contribution in [3.63, 3.8) is 0 Å². The molecular formula is C19H21N3O. The molecule has 3 rings (SSSR count). The molecule has 4 nitrogen and oxygen atoms in total. The molecule has 23 heavy (non-hydrogen) atoms. The van der Waals surface area contributed by atoms with Gasteiger partial charge in [-0.25, -0.2) is 4.68 Å². The normalized spacial score (nSPS) is 13.4. The first-order chi connectivity index (χ1) is 11.2. The molecule has 4 heteroatoms. The van der Waals surface area contributed by atoms with Crippen LogP contribution in [0.1, 0.15) is 49.3 Å². The zero-order valence-electron chi connectivity index (χ0n) is 13.5. The van der Waals surface area contributed by atoms with Gasteiger partial charge in [-0.3, -0.25) is 4.79 Å². The van der Waals surface area contributed by atoms with Crippen LogP contribution in [-0.2, 0) is 19.4 Å². The van der Waals surface area contributed by atoms with E-state index in [1.807, 2.05) is 6.07 Å². The third-order valence-electron chi connectivity index (χ3n) is 4.46. The molecule has 0 bridgehead atoms. The molecule has 0 spiro atoms. The lowest BCUT2D eigenvalue weighted by Gasteiger charge is -2.16. The minimum absolute atomic E-state index is 0.170. The summed E-state index contributed by atoms with van der Waals surface area (Å²) in [5.41, 5.74) is 4.38. The molecule has 1 heterocycles. The van der Waals surface area contributed by atoms with Crippen molar-refractivity contribution in [1.82, 2.24) is 9.78 Å². The molecule has 118 valence electrons. The van der Waals surface area contributed by atoms with Gasteiger partial charge in [-0.2, -0.15) is 10.4 Å². The third-order valence-corrected chi connectivity index (χ3v) is 4.46. The summed E-state index contributed by atoms with van der Waals surface area (Å²) in [6.45, 7) is 2.63. The van der Waals surface area contributed by atoms with Gasteiger partial charge in [0.1, 0.15) is 11.6 Å². The van der Waals surface area contributed by atoms with Crippen molar-refractivity contribution in [3.8, 4) is 17.3 Å². The lowest BCUT2D eigenvalue weighted by atomic mass is 9.90. The highest BCUT2D eigenvalue weighted by atomic mass is 16.1. The van der Waals surface area contributed by atoms with Crippen molar-refractivity contribution < 1.29 is 0 Å². The van der Waals surface area contributed by atoms with E-state index in [1.165, 1.54) is 28.7 Å². The summed E-state index contributed by atoms with van der Waals surface area (Å²) in [4.78, 5) is 12.2. The van der Waals surface area contributed by atoms with Crippen molar-refractivity contribution in [2.24, 2.45) is 0 Å². The van der Waals surface area contributed by atoms with E-state index in [0.29, 0.717) is 12.2 Å². The first kappa shape index (κ1) is 15.5. The first-order valence-corrected chi connectivity index (χ1v) is 8.37. The van der Waals surface area contributed by atoms with Gasteiger partial charge in [0.05, 0.1) is 5.69 Å². The summed E-state index contributed by atoms with van der Waals surface area (Å²) in [6.07, 6.45) is 6.59. The van der Waals surface area contributed by atoms with E-state index in [1.54, 1.807) is 6.07 Å². The largest absolute Gasteiger partial charge is 0.284 e. The highest BCUT2D eigenvalue weighted by Crippen LogP contribution is 2.26. The zero-order valence-corrected chi connectivity index (χ0v) is 13.5. The molecule has 1 aromatic heterocycles. The molecule has 1 aliphatic carbocycles. The predicted octanol–water partition coefficient (Wildman–Crippen LogP) is 3.46. The van der Waals surface area contributed by atoms with E-state index in [2.05, 4.69) is 30.2 Å². The van der Waals surface area contributed by atoms with Gasteiger partial charge in [0.15, 0.2) is 0 Å². The van der Waals surface area contributed by atoms with E-state index in [-0.39, 0.29) is 11.1 Å². The second-order valence-electron chi connectivity index (χ2n) is 6.13. The number of unbranched alkanes of at least 4 members (excludes halogenated alkanes) is 1. The maximum absolute atomic E-state index is 12.2. The molecule has 0 radical (unpaired) electrons. The van der Waals surface area contributed by atoms with Crippen LogP contribution in [0.3, 0.4) is 0 Å². The average molecular weight is 307 g/mol. The van der Waals surface area contributed by atoms with Crippen LogP contribution < -0.4 is 5.56 Å². The standard InChI is InChI=1S/C19H21N3O/c1-2-3-10-22-19(23)17(13-20)12-18(21-22)16-9-8-14-6-4-5-7-15(14)11-16/h8-9,11-12H,2-7,10H2,1H3. The van der Waals surface area contributed by atoms with Crippen LogP contribution in [0.5, 0.6) is 0 Å². The summed E-state index contributed by atoms with van der Waals surface area (Å²) in [5, 5.41) is 13.7. The Bertz CT molecular complexity index is 814. The Hall–Kier alpha value is -2.41. The highest BCUT2D eigenvalue weighted by Gasteiger charge is 2.13. The van der Waals surface area contributed by atoms with Crippen molar-refractivity contribution in [2.75, 3.05) is 0 Å². The number of aromatic nitrogens is 2. The molecule has 1 aliphatic rings. The molecule has 0 unspecified atom stereocenters. The number of hydrogen-bond acceptors (Lipinski definition) is 3. The fraction of sp³-hybridized carbons (Fsp3) is 0.421. The van der Waals surface area contributed by atoms with Crippen LogP contribution in [0.15, 0.2) is 29.1 Å². The molecule has 2 aromatic rings. The van der Waals surface area contributed by atoms with Crippen molar-refractivity contribution >= 4 is 0 Å². The maximum atomic E-state index is 12.2. The fourth-order valence-corrected chi connectivity index (χ4v) is 3.12. The number of aryl methyl sites for hydroxylation is 3. The minimum atomic E-state index is -0.289. The number of fused-ring (bicyclic) bond motifs is 1. The number of hydrogen-bond donors (Lipinski definition) is 0. The Kier molecular flexibility index (Phi) is 4.57. The summed E-state index contributed by atoms with van der Waals surface area (Å²) in [7, 11) is 0. The van der Waals surface area contributed by atoms with Gasteiger partial charge >= 0.3 is 0 Å². The van der Waals surface area contributed by atoms with Gasteiger partial charge < -0.3 is 0 Å². The molecule has 0 N–H and O–H groups in total. The van der Waals surface area contributed by atoms with Gasteiger partial charge in [0.2, 0.25) is 0 Å². The van der Waals surface area contributed by atoms with Gasteiger partial charge in [-0.15, -0.1) is 0 Å². The lowest BCUT2D eigenvalue weighted by molar-refractivity contribution is 0.544. The first-order valence-electron chi connectivity index (χ1n) is 8.37. The molecule has 0 aliphatic heterocycles. The monoisotopic (exact) mass is 307 g/mol. The van der Waals surface area contributed by atoms with Crippen LogP contribution in [0.25, 0.3) is 11.3 Å². The van der Waals surface area contributed by atoms with Crippen LogP contribution in [-0.4, -0.2) is 9.78 Å². The maximum Gasteiger partial charge on any atom is 0.284 e. The minimum Gasteiger partial charge on any atom is -0.266 e. The predicted molar refractivity (Wildman–Crippen MR) is 90.2 cm³/mol. The van der Waals surface area contributed by atoms with Gasteiger partial charge in [-0.1, -0.05) is 25.5 Å². The smallest absolute Gasteiger partial charge is 0.266 e. The van der Waals surface area contributed by atoms with Crippen molar-refractivity contribution in [1.29, 1.82) is 5.26 Å². The molecule has 1 aromatic carbocycles. The van der Waals surface area contributed by atoms with Crippen molar-refractivity contribution in [2.45, 2.75) is 52.0 Å². The molecule has 0 atom stereocenters. The van der Waals surface area contributed by atoms with Crippen LogP contribution in [0, 0.1) is 11.3 Å².